The minimum Gasteiger partial charge on any atom is -0.467 e. The second-order valence-electron chi connectivity index (χ2n) is 9.83. The number of aliphatic imine (C=N–C) groups is 1. The molecular formula is C31H32FN3O4. The Labute approximate surface area is 227 Å². The minimum atomic E-state index is -2.01. The zero-order valence-electron chi connectivity index (χ0n) is 21.9. The van der Waals surface area contributed by atoms with E-state index in [-0.39, 0.29) is 6.04 Å². The number of anilines is 1. The highest BCUT2D eigenvalue weighted by Crippen LogP contribution is 2.31. The van der Waals surface area contributed by atoms with Crippen LogP contribution >= 0.6 is 0 Å². The third-order valence-electron chi connectivity index (χ3n) is 7.22. The van der Waals surface area contributed by atoms with Gasteiger partial charge >= 0.3 is 11.9 Å². The summed E-state index contributed by atoms with van der Waals surface area (Å²) in [6.07, 6.45) is -0.474. The molecule has 3 unspecified atom stereocenters. The number of hydrogen-bond donors (Lipinski definition) is 0. The van der Waals surface area contributed by atoms with Gasteiger partial charge in [-0.3, -0.25) is 9.89 Å². The first-order chi connectivity index (χ1) is 19.0. The normalized spacial score (nSPS) is 21.6. The average Bonchev–Trinajstić information content (AvgIpc) is 3.40. The Morgan fingerprint density at radius 2 is 1.74 bits per heavy atom. The van der Waals surface area contributed by atoms with Crippen molar-refractivity contribution in [3.63, 3.8) is 0 Å². The number of halogens is 1. The molecule has 1 fully saturated rings. The number of hydroxylamine groups is 1. The Bertz CT molecular complexity index is 1320. The van der Waals surface area contributed by atoms with E-state index in [9.17, 15) is 14.0 Å². The fraction of sp³-hybridized carbons (Fsp3) is 0.323. The van der Waals surface area contributed by atoms with Gasteiger partial charge in [0.2, 0.25) is 0 Å². The number of methoxy groups -OCH3 is 1. The zero-order valence-corrected chi connectivity index (χ0v) is 21.9. The lowest BCUT2D eigenvalue weighted by Crippen LogP contribution is -2.44. The molecule has 5 rings (SSSR count). The summed E-state index contributed by atoms with van der Waals surface area (Å²) < 4.78 is 19.3. The fourth-order valence-electron chi connectivity index (χ4n) is 5.24. The van der Waals surface area contributed by atoms with E-state index in [0.717, 1.165) is 44.2 Å². The van der Waals surface area contributed by atoms with E-state index >= 15 is 0 Å². The van der Waals surface area contributed by atoms with Crippen LogP contribution < -0.4 is 5.06 Å². The monoisotopic (exact) mass is 529 g/mol. The Morgan fingerprint density at radius 3 is 2.49 bits per heavy atom. The molecule has 0 radical (unpaired) electrons. The highest BCUT2D eigenvalue weighted by atomic mass is 19.1. The summed E-state index contributed by atoms with van der Waals surface area (Å²) in [6, 6.07) is 26.3. The van der Waals surface area contributed by atoms with Crippen LogP contribution in [-0.4, -0.2) is 61.0 Å². The molecular weight excluding hydrogens is 497 g/mol. The zero-order chi connectivity index (χ0) is 27.2. The summed E-state index contributed by atoms with van der Waals surface area (Å²) >= 11 is 0. The van der Waals surface area contributed by atoms with Gasteiger partial charge in [0, 0.05) is 30.1 Å². The number of benzene rings is 3. The number of rotatable bonds is 8. The molecule has 1 saturated heterocycles. The quantitative estimate of drug-likeness (QED) is 0.393. The third-order valence-corrected chi connectivity index (χ3v) is 7.22. The van der Waals surface area contributed by atoms with E-state index in [1.165, 1.54) is 5.56 Å². The number of esters is 1. The Morgan fingerprint density at radius 1 is 1.05 bits per heavy atom. The average molecular weight is 530 g/mol. The molecule has 3 atom stereocenters. The van der Waals surface area contributed by atoms with Gasteiger partial charge in [-0.1, -0.05) is 78.9 Å². The summed E-state index contributed by atoms with van der Waals surface area (Å²) in [5.74, 6) is -1.75. The first-order valence-electron chi connectivity index (χ1n) is 13.3. The Kier molecular flexibility index (Phi) is 8.32. The van der Waals surface area contributed by atoms with Gasteiger partial charge in [0.15, 0.2) is 12.2 Å². The van der Waals surface area contributed by atoms with E-state index in [0.29, 0.717) is 17.9 Å². The molecule has 2 aliphatic heterocycles. The molecule has 202 valence electrons. The molecule has 0 bridgehead atoms. The van der Waals surface area contributed by atoms with Gasteiger partial charge in [0.05, 0.1) is 25.1 Å². The maximum absolute atomic E-state index is 14.7. The smallest absolute Gasteiger partial charge is 0.356 e. The van der Waals surface area contributed by atoms with Crippen molar-refractivity contribution in [1.29, 1.82) is 0 Å². The van der Waals surface area contributed by atoms with Crippen molar-refractivity contribution in [2.24, 2.45) is 4.99 Å². The molecule has 8 heteroatoms. The molecule has 7 nitrogen and oxygen atoms in total. The van der Waals surface area contributed by atoms with E-state index in [1.807, 2.05) is 72.8 Å². The molecule has 3 aromatic carbocycles. The lowest BCUT2D eigenvalue weighted by Gasteiger charge is -2.34. The Hall–Kier alpha value is -4.04. The summed E-state index contributed by atoms with van der Waals surface area (Å²) in [4.78, 5) is 38.3. The summed E-state index contributed by atoms with van der Waals surface area (Å²) in [5, 5.41) is 1.63. The van der Waals surface area contributed by atoms with Gasteiger partial charge in [-0.25, -0.2) is 19.0 Å². The molecule has 0 N–H and O–H groups in total. The first kappa shape index (κ1) is 26.6. The largest absolute Gasteiger partial charge is 0.467 e. The number of para-hydroxylation sites is 1. The molecule has 2 aliphatic rings. The number of hydrogen-bond acceptors (Lipinski definition) is 7. The predicted octanol–water partition coefficient (Wildman–Crippen LogP) is 4.74. The summed E-state index contributed by atoms with van der Waals surface area (Å²) in [5.41, 5.74) is 4.03. The standard InChI is InChI=1S/C31H32FN3O4/c1-38-30(36)26(32)19-27-31(37)39-35(21-24-15-10-18-34(24)20-22-11-4-2-5-12-22)28-17-9-8-16-25(28)29(33-27)23-13-6-3-7-14-23/h2-9,11-14,16-17,24,26-27H,10,15,18-21H2,1H3/b33-29+. The molecule has 0 aliphatic carbocycles. The van der Waals surface area contributed by atoms with Crippen LogP contribution in [0.4, 0.5) is 10.1 Å². The van der Waals surface area contributed by atoms with E-state index in [4.69, 9.17) is 4.84 Å². The first-order valence-corrected chi connectivity index (χ1v) is 13.3. The molecule has 2 heterocycles. The van der Waals surface area contributed by atoms with Gasteiger partial charge in [-0.05, 0) is 31.0 Å². The SMILES string of the molecule is COC(=O)C(F)CC1/N=C(\c2ccccc2)c2ccccc2N(CC2CCCN2Cc2ccccc2)OC1=O. The van der Waals surface area contributed by atoms with Crippen molar-refractivity contribution in [1.82, 2.24) is 4.90 Å². The van der Waals surface area contributed by atoms with Crippen molar-refractivity contribution in [2.45, 2.75) is 44.1 Å². The van der Waals surface area contributed by atoms with Crippen molar-refractivity contribution in [3.05, 3.63) is 102 Å². The summed E-state index contributed by atoms with van der Waals surface area (Å²) in [6.45, 7) is 2.20. The van der Waals surface area contributed by atoms with Gasteiger partial charge in [-0.2, -0.15) is 0 Å². The van der Waals surface area contributed by atoms with E-state index < -0.39 is 30.6 Å². The van der Waals surface area contributed by atoms with Crippen molar-refractivity contribution < 1.29 is 23.6 Å². The summed E-state index contributed by atoms with van der Waals surface area (Å²) in [7, 11) is 1.12. The minimum absolute atomic E-state index is 0.144. The maximum Gasteiger partial charge on any atom is 0.356 e. The Balaban J connectivity index is 1.50. The number of alkyl halides is 1. The number of carbonyl (C=O) groups excluding carboxylic acids is 2. The van der Waals surface area contributed by atoms with Gasteiger partial charge < -0.3 is 9.57 Å². The number of likely N-dealkylation sites (tertiary alicyclic amines) is 1. The lowest BCUT2D eigenvalue weighted by atomic mass is 9.98. The van der Waals surface area contributed by atoms with Crippen LogP contribution in [0.2, 0.25) is 0 Å². The lowest BCUT2D eigenvalue weighted by molar-refractivity contribution is -0.150. The van der Waals surface area contributed by atoms with E-state index in [2.05, 4.69) is 26.8 Å². The van der Waals surface area contributed by atoms with Crippen LogP contribution in [0, 0.1) is 0 Å². The van der Waals surface area contributed by atoms with Gasteiger partial charge in [0.1, 0.15) is 0 Å². The van der Waals surface area contributed by atoms with Crippen LogP contribution in [0.3, 0.4) is 0 Å². The number of nitrogens with zero attached hydrogens (tertiary/aromatic N) is 3. The number of carbonyl (C=O) groups is 2. The molecule has 0 aromatic heterocycles. The highest BCUT2D eigenvalue weighted by molar-refractivity contribution is 6.16. The van der Waals surface area contributed by atoms with Crippen LogP contribution in [0.1, 0.15) is 36.0 Å². The van der Waals surface area contributed by atoms with E-state index in [1.54, 1.807) is 5.06 Å². The number of fused-ring (bicyclic) bond motifs is 1. The molecule has 0 amide bonds. The van der Waals surface area contributed by atoms with Crippen LogP contribution in [0.5, 0.6) is 0 Å². The second kappa shape index (κ2) is 12.2. The number of ether oxygens (including phenoxy) is 1. The van der Waals surface area contributed by atoms with Crippen molar-refractivity contribution in [3.8, 4) is 0 Å². The van der Waals surface area contributed by atoms with Gasteiger partial charge in [0.25, 0.3) is 0 Å². The molecule has 0 spiro atoms. The van der Waals surface area contributed by atoms with Crippen LogP contribution in [0.15, 0.2) is 89.9 Å². The van der Waals surface area contributed by atoms with Crippen molar-refractivity contribution in [2.75, 3.05) is 25.3 Å². The third kappa shape index (κ3) is 6.17. The molecule has 3 aromatic rings. The maximum atomic E-state index is 14.7. The second-order valence-corrected chi connectivity index (χ2v) is 9.83. The van der Waals surface area contributed by atoms with Crippen LogP contribution in [0.25, 0.3) is 0 Å². The highest BCUT2D eigenvalue weighted by Gasteiger charge is 2.35. The van der Waals surface area contributed by atoms with Crippen LogP contribution in [-0.2, 0) is 25.7 Å². The van der Waals surface area contributed by atoms with Crippen molar-refractivity contribution >= 4 is 23.3 Å². The van der Waals surface area contributed by atoms with Gasteiger partial charge in [-0.15, -0.1) is 0 Å². The fourth-order valence-corrected chi connectivity index (χ4v) is 5.24. The molecule has 39 heavy (non-hydrogen) atoms. The topological polar surface area (TPSA) is 71.4 Å². The predicted molar refractivity (Wildman–Crippen MR) is 147 cm³/mol. The molecule has 0 saturated carbocycles.